The lowest BCUT2D eigenvalue weighted by Gasteiger charge is -2.31. The molecule has 2 rings (SSSR count). The average molecular weight is 453 g/mol. The van der Waals surface area contributed by atoms with Gasteiger partial charge in [-0.15, -0.1) is 0 Å². The molecule has 0 aliphatic carbocycles. The SMILES string of the molecule is CC(C)(C)CCN1CCCN2CCCN(CCCN(CCC(=O)OC(C)(C)C)CC2)CC1. The van der Waals surface area contributed by atoms with E-state index in [0.717, 1.165) is 32.7 Å². The zero-order chi connectivity index (χ0) is 23.6. The van der Waals surface area contributed by atoms with Gasteiger partial charge in [-0.2, -0.15) is 0 Å². The third-order valence-electron chi connectivity index (χ3n) is 6.54. The summed E-state index contributed by atoms with van der Waals surface area (Å²) in [6.07, 6.45) is 5.45. The lowest BCUT2D eigenvalue weighted by atomic mass is 9.92. The highest BCUT2D eigenvalue weighted by Crippen LogP contribution is 2.19. The van der Waals surface area contributed by atoms with Crippen molar-refractivity contribution in [3.05, 3.63) is 0 Å². The summed E-state index contributed by atoms with van der Waals surface area (Å²) in [7, 11) is 0. The molecule has 2 aliphatic heterocycles. The van der Waals surface area contributed by atoms with Crippen molar-refractivity contribution in [1.29, 1.82) is 0 Å². The van der Waals surface area contributed by atoms with Gasteiger partial charge in [0.15, 0.2) is 0 Å². The largest absolute Gasteiger partial charge is 0.460 e. The van der Waals surface area contributed by atoms with Crippen molar-refractivity contribution >= 4 is 5.97 Å². The molecule has 32 heavy (non-hydrogen) atoms. The van der Waals surface area contributed by atoms with Crippen molar-refractivity contribution in [2.45, 2.75) is 79.2 Å². The third-order valence-corrected chi connectivity index (χ3v) is 6.54. The molecule has 2 heterocycles. The van der Waals surface area contributed by atoms with E-state index in [1.807, 2.05) is 20.8 Å². The van der Waals surface area contributed by atoms with E-state index in [1.165, 1.54) is 71.5 Å². The van der Waals surface area contributed by atoms with E-state index in [2.05, 4.69) is 40.4 Å². The normalized spacial score (nSPS) is 25.8. The number of hydrogen-bond acceptors (Lipinski definition) is 6. The Kier molecular flexibility index (Phi) is 11.4. The fourth-order valence-electron chi connectivity index (χ4n) is 4.60. The zero-order valence-electron chi connectivity index (χ0n) is 22.1. The molecule has 0 saturated carbocycles. The molecule has 2 saturated heterocycles. The number of esters is 1. The molecule has 188 valence electrons. The standard InChI is InChI=1S/C26H52N4O2/c1-25(2,3)11-19-30-17-9-15-27-12-7-13-28(21-23-30)14-8-16-29(22-20-27)18-10-24(31)32-26(4,5)6/h7-23H2,1-6H3. The van der Waals surface area contributed by atoms with Gasteiger partial charge in [0.25, 0.3) is 0 Å². The maximum atomic E-state index is 12.2. The van der Waals surface area contributed by atoms with Crippen molar-refractivity contribution < 1.29 is 9.53 Å². The maximum Gasteiger partial charge on any atom is 0.307 e. The molecule has 0 radical (unpaired) electrons. The van der Waals surface area contributed by atoms with Crippen LogP contribution >= 0.6 is 0 Å². The molecule has 0 aromatic rings. The molecule has 0 amide bonds. The summed E-state index contributed by atoms with van der Waals surface area (Å²) in [5, 5.41) is 0. The Morgan fingerprint density at radius 2 is 1.12 bits per heavy atom. The van der Waals surface area contributed by atoms with Gasteiger partial charge in [-0.1, -0.05) is 20.8 Å². The van der Waals surface area contributed by atoms with Crippen LogP contribution in [-0.4, -0.2) is 110 Å². The monoisotopic (exact) mass is 452 g/mol. The highest BCUT2D eigenvalue weighted by atomic mass is 16.6. The fraction of sp³-hybridized carbons (Fsp3) is 0.962. The predicted octanol–water partition coefficient (Wildman–Crippen LogP) is 3.56. The van der Waals surface area contributed by atoms with E-state index < -0.39 is 5.60 Å². The summed E-state index contributed by atoms with van der Waals surface area (Å²) in [6.45, 7) is 26.5. The van der Waals surface area contributed by atoms with Crippen LogP contribution in [0, 0.1) is 5.41 Å². The first-order valence-electron chi connectivity index (χ1n) is 13.1. The smallest absolute Gasteiger partial charge is 0.307 e. The molecule has 6 nitrogen and oxygen atoms in total. The van der Waals surface area contributed by atoms with E-state index in [4.69, 9.17) is 4.74 Å². The van der Waals surface area contributed by atoms with E-state index in [0.29, 0.717) is 11.8 Å². The van der Waals surface area contributed by atoms with E-state index in [-0.39, 0.29) is 5.97 Å². The number of ether oxygens (including phenoxy) is 1. The fourth-order valence-corrected chi connectivity index (χ4v) is 4.60. The first-order valence-corrected chi connectivity index (χ1v) is 13.1. The average Bonchev–Trinajstić information content (AvgIpc) is 2.74. The number of fused-ring (bicyclic) bond motifs is 4. The van der Waals surface area contributed by atoms with Crippen molar-refractivity contribution in [2.24, 2.45) is 5.41 Å². The Morgan fingerprint density at radius 1 is 0.656 bits per heavy atom. The van der Waals surface area contributed by atoms with Crippen LogP contribution in [0.15, 0.2) is 0 Å². The third kappa shape index (κ3) is 12.5. The van der Waals surface area contributed by atoms with Gasteiger partial charge in [-0.25, -0.2) is 0 Å². The number of hydrogen-bond donors (Lipinski definition) is 0. The van der Waals surface area contributed by atoms with E-state index in [9.17, 15) is 4.79 Å². The van der Waals surface area contributed by atoms with Crippen LogP contribution in [0.1, 0.15) is 73.6 Å². The van der Waals surface area contributed by atoms with Crippen LogP contribution in [0.3, 0.4) is 0 Å². The molecule has 2 atom stereocenters. The molecule has 6 heteroatoms. The van der Waals surface area contributed by atoms with Gasteiger partial charge >= 0.3 is 5.97 Å². The molecule has 0 aromatic carbocycles. The van der Waals surface area contributed by atoms with Crippen molar-refractivity contribution in [3.8, 4) is 0 Å². The summed E-state index contributed by atoms with van der Waals surface area (Å²) < 4.78 is 5.53. The predicted molar refractivity (Wildman–Crippen MR) is 134 cm³/mol. The Bertz CT molecular complexity index is 541. The summed E-state index contributed by atoms with van der Waals surface area (Å²) >= 11 is 0. The summed E-state index contributed by atoms with van der Waals surface area (Å²) in [5.41, 5.74) is 0.00795. The molecule has 2 unspecified atom stereocenters. The second-order valence-electron chi connectivity index (χ2n) is 12.1. The molecule has 2 aliphatic rings. The second-order valence-corrected chi connectivity index (χ2v) is 12.1. The molecule has 2 bridgehead atoms. The highest BCUT2D eigenvalue weighted by Gasteiger charge is 2.20. The van der Waals surface area contributed by atoms with Crippen LogP contribution in [-0.2, 0) is 9.53 Å². The Labute approximate surface area is 198 Å². The van der Waals surface area contributed by atoms with Crippen LogP contribution < -0.4 is 0 Å². The minimum absolute atomic E-state index is 0.0740. The van der Waals surface area contributed by atoms with Crippen LogP contribution in [0.4, 0.5) is 0 Å². The van der Waals surface area contributed by atoms with Crippen LogP contribution in [0.2, 0.25) is 0 Å². The van der Waals surface area contributed by atoms with Crippen LogP contribution in [0.5, 0.6) is 0 Å². The number of carbonyl (C=O) groups excluding carboxylic acids is 1. The van der Waals surface area contributed by atoms with Gasteiger partial charge in [-0.05, 0) is 97.7 Å². The quantitative estimate of drug-likeness (QED) is 0.594. The Balaban J connectivity index is 1.92. The second kappa shape index (κ2) is 13.3. The Morgan fingerprint density at radius 3 is 1.59 bits per heavy atom. The van der Waals surface area contributed by atoms with Crippen LogP contribution in [0.25, 0.3) is 0 Å². The lowest BCUT2D eigenvalue weighted by molar-refractivity contribution is -0.155. The van der Waals surface area contributed by atoms with Gasteiger partial charge in [-0.3, -0.25) is 4.79 Å². The first-order chi connectivity index (χ1) is 15.0. The molecule has 0 aromatic heterocycles. The molecule has 2 fully saturated rings. The van der Waals surface area contributed by atoms with Gasteiger partial charge in [0.2, 0.25) is 0 Å². The number of rotatable bonds is 5. The summed E-state index contributed by atoms with van der Waals surface area (Å²) in [5.74, 6) is -0.0740. The van der Waals surface area contributed by atoms with Gasteiger partial charge in [0.05, 0.1) is 6.42 Å². The topological polar surface area (TPSA) is 39.3 Å². The van der Waals surface area contributed by atoms with Crippen molar-refractivity contribution in [1.82, 2.24) is 19.6 Å². The van der Waals surface area contributed by atoms with Crippen molar-refractivity contribution in [2.75, 3.05) is 78.5 Å². The lowest BCUT2D eigenvalue weighted by Crippen LogP contribution is -2.40. The van der Waals surface area contributed by atoms with Crippen molar-refractivity contribution in [3.63, 3.8) is 0 Å². The number of carbonyl (C=O) groups is 1. The number of nitrogens with zero attached hydrogens (tertiary/aromatic N) is 4. The molecular weight excluding hydrogens is 400 g/mol. The first kappa shape index (κ1) is 27.6. The van der Waals surface area contributed by atoms with Gasteiger partial charge < -0.3 is 24.3 Å². The maximum absolute atomic E-state index is 12.2. The van der Waals surface area contributed by atoms with E-state index >= 15 is 0 Å². The van der Waals surface area contributed by atoms with Gasteiger partial charge in [0, 0.05) is 32.7 Å². The Hall–Kier alpha value is -0.690. The van der Waals surface area contributed by atoms with Gasteiger partial charge in [0.1, 0.15) is 5.60 Å². The minimum atomic E-state index is -0.396. The summed E-state index contributed by atoms with van der Waals surface area (Å²) in [6, 6.07) is 0. The molecule has 0 spiro atoms. The minimum Gasteiger partial charge on any atom is -0.460 e. The van der Waals surface area contributed by atoms with E-state index in [1.54, 1.807) is 0 Å². The molecular formula is C26H52N4O2. The summed E-state index contributed by atoms with van der Waals surface area (Å²) in [4.78, 5) is 22.8. The highest BCUT2D eigenvalue weighted by molar-refractivity contribution is 5.70. The molecule has 0 N–H and O–H groups in total. The zero-order valence-corrected chi connectivity index (χ0v) is 22.1.